The van der Waals surface area contributed by atoms with Crippen LogP contribution in [0.3, 0.4) is 0 Å². The molecule has 0 radical (unpaired) electrons. The van der Waals surface area contributed by atoms with Crippen LogP contribution in [-0.4, -0.2) is 89.8 Å². The molecule has 3 rings (SSSR count). The summed E-state index contributed by atoms with van der Waals surface area (Å²) in [5, 5.41) is 18.5. The monoisotopic (exact) mass is 532 g/mol. The standard InChI is InChI=1S/C27H40N4O7/c1-15(2)21-14-37-22-9-7-6-8-19(22)25(34)28-20(27(36)31-12-16(3)38-17(4)13-31)10-11-23(33)30-24(18(5)32)26(35)29-21/h6-9,15-18,20-21,24,32H,10-14H2,1-5H3,(H,28,34)(H,29,35)(H,30,33)/t16-,17+,18-,20+,21-,24+/m1/s1. The second kappa shape index (κ2) is 13.1. The summed E-state index contributed by atoms with van der Waals surface area (Å²) < 4.78 is 11.7. The Hall–Kier alpha value is -3.18. The van der Waals surface area contributed by atoms with E-state index in [-0.39, 0.29) is 49.0 Å². The molecule has 1 saturated heterocycles. The Balaban J connectivity index is 1.93. The maximum absolute atomic E-state index is 13.5. The van der Waals surface area contributed by atoms with E-state index in [4.69, 9.17) is 9.47 Å². The van der Waals surface area contributed by atoms with Gasteiger partial charge in [-0.05, 0) is 45.2 Å². The highest BCUT2D eigenvalue weighted by Gasteiger charge is 2.34. The molecule has 2 aliphatic rings. The zero-order valence-corrected chi connectivity index (χ0v) is 22.7. The molecule has 1 aromatic carbocycles. The van der Waals surface area contributed by atoms with Crippen LogP contribution in [0.15, 0.2) is 24.3 Å². The first-order valence-corrected chi connectivity index (χ1v) is 13.2. The van der Waals surface area contributed by atoms with Crippen molar-refractivity contribution in [3.63, 3.8) is 0 Å². The van der Waals surface area contributed by atoms with Crippen LogP contribution in [0.4, 0.5) is 0 Å². The van der Waals surface area contributed by atoms with Gasteiger partial charge in [0.05, 0.1) is 29.9 Å². The van der Waals surface area contributed by atoms with E-state index < -0.39 is 42.0 Å². The van der Waals surface area contributed by atoms with Crippen LogP contribution in [-0.2, 0) is 19.1 Å². The van der Waals surface area contributed by atoms with Gasteiger partial charge in [-0.1, -0.05) is 26.0 Å². The number of rotatable bonds is 3. The number of amides is 4. The van der Waals surface area contributed by atoms with Gasteiger partial charge >= 0.3 is 0 Å². The topological polar surface area (TPSA) is 146 Å². The van der Waals surface area contributed by atoms with Gasteiger partial charge in [0.15, 0.2) is 0 Å². The smallest absolute Gasteiger partial charge is 0.255 e. The summed E-state index contributed by atoms with van der Waals surface area (Å²) in [7, 11) is 0. The predicted molar refractivity (Wildman–Crippen MR) is 139 cm³/mol. The third kappa shape index (κ3) is 7.67. The van der Waals surface area contributed by atoms with Crippen LogP contribution in [0.2, 0.25) is 0 Å². The normalized spacial score (nSPS) is 28.6. The molecule has 2 aliphatic heterocycles. The summed E-state index contributed by atoms with van der Waals surface area (Å²) in [5.74, 6) is -1.62. The lowest BCUT2D eigenvalue weighted by molar-refractivity contribution is -0.145. The fourth-order valence-corrected chi connectivity index (χ4v) is 4.63. The molecule has 0 aromatic heterocycles. The predicted octanol–water partition coefficient (Wildman–Crippen LogP) is 0.600. The summed E-state index contributed by atoms with van der Waals surface area (Å²) in [6, 6.07) is 4.04. The van der Waals surface area contributed by atoms with Crippen molar-refractivity contribution in [2.45, 2.75) is 83.9 Å². The second-order valence-electron chi connectivity index (χ2n) is 10.5. The second-order valence-corrected chi connectivity index (χ2v) is 10.5. The number of hydrogen-bond acceptors (Lipinski definition) is 7. The van der Waals surface area contributed by atoms with E-state index in [0.717, 1.165) is 0 Å². The number of aliphatic hydroxyl groups excluding tert-OH is 1. The molecule has 4 amide bonds. The summed E-state index contributed by atoms with van der Waals surface area (Å²) in [6.07, 6.45) is -1.64. The van der Waals surface area contributed by atoms with Crippen molar-refractivity contribution < 1.29 is 33.8 Å². The average molecular weight is 533 g/mol. The molecule has 0 saturated carbocycles. The number of carbonyl (C=O) groups is 4. The molecule has 6 atom stereocenters. The maximum atomic E-state index is 13.5. The Morgan fingerprint density at radius 3 is 2.32 bits per heavy atom. The fourth-order valence-electron chi connectivity index (χ4n) is 4.63. The molecule has 1 fully saturated rings. The van der Waals surface area contributed by atoms with Gasteiger partial charge in [0.2, 0.25) is 17.7 Å². The van der Waals surface area contributed by atoms with Crippen LogP contribution in [0.5, 0.6) is 5.75 Å². The number of para-hydroxylation sites is 1. The molecule has 11 heteroatoms. The van der Waals surface area contributed by atoms with E-state index >= 15 is 0 Å². The summed E-state index contributed by atoms with van der Waals surface area (Å²) in [5.41, 5.74) is 0.240. The molecule has 210 valence electrons. The number of hydrogen-bond donors (Lipinski definition) is 4. The molecule has 11 nitrogen and oxygen atoms in total. The van der Waals surface area contributed by atoms with Crippen molar-refractivity contribution >= 4 is 23.6 Å². The average Bonchev–Trinajstić information content (AvgIpc) is 2.85. The number of carbonyl (C=O) groups excluding carboxylic acids is 4. The maximum Gasteiger partial charge on any atom is 0.255 e. The minimum absolute atomic E-state index is 0.00230. The summed E-state index contributed by atoms with van der Waals surface area (Å²) >= 11 is 0. The molecule has 2 heterocycles. The van der Waals surface area contributed by atoms with Gasteiger partial charge in [0.1, 0.15) is 24.4 Å². The lowest BCUT2D eigenvalue weighted by atomic mass is 10.0. The summed E-state index contributed by atoms with van der Waals surface area (Å²) in [6.45, 7) is 9.75. The van der Waals surface area contributed by atoms with Crippen molar-refractivity contribution in [2.75, 3.05) is 19.7 Å². The first-order chi connectivity index (χ1) is 18.0. The Morgan fingerprint density at radius 1 is 1.03 bits per heavy atom. The highest BCUT2D eigenvalue weighted by atomic mass is 16.5. The minimum Gasteiger partial charge on any atom is -0.491 e. The third-order valence-corrected chi connectivity index (χ3v) is 6.76. The molecule has 0 unspecified atom stereocenters. The first kappa shape index (κ1) is 29.4. The van der Waals surface area contributed by atoms with Gasteiger partial charge in [-0.3, -0.25) is 19.2 Å². The van der Waals surface area contributed by atoms with Gasteiger partial charge in [0.25, 0.3) is 5.91 Å². The van der Waals surface area contributed by atoms with Gasteiger partial charge in [-0.15, -0.1) is 0 Å². The van der Waals surface area contributed by atoms with Crippen molar-refractivity contribution in [2.24, 2.45) is 5.92 Å². The van der Waals surface area contributed by atoms with Gasteiger partial charge in [-0.25, -0.2) is 0 Å². The highest BCUT2D eigenvalue weighted by Crippen LogP contribution is 2.21. The highest BCUT2D eigenvalue weighted by molar-refractivity contribution is 6.00. The summed E-state index contributed by atoms with van der Waals surface area (Å²) in [4.78, 5) is 54.4. The van der Waals surface area contributed by atoms with Gasteiger partial charge in [-0.2, -0.15) is 0 Å². The van der Waals surface area contributed by atoms with E-state index in [1.807, 2.05) is 27.7 Å². The van der Waals surface area contributed by atoms with E-state index in [0.29, 0.717) is 18.8 Å². The number of nitrogens with one attached hydrogen (secondary N) is 3. The third-order valence-electron chi connectivity index (χ3n) is 6.76. The first-order valence-electron chi connectivity index (χ1n) is 13.2. The number of aliphatic hydroxyl groups is 1. The SMILES string of the molecule is CC(C)[C@H]1COc2ccccc2C(=O)N[C@H](C(=O)N2C[C@@H](C)O[C@@H](C)C2)CCC(=O)N[C@@H]([C@@H](C)O)C(=O)N1. The Bertz CT molecular complexity index is 1000. The molecule has 1 aromatic rings. The molecule has 4 N–H and O–H groups in total. The van der Waals surface area contributed by atoms with Crippen molar-refractivity contribution in [1.82, 2.24) is 20.9 Å². The van der Waals surface area contributed by atoms with E-state index in [1.54, 1.807) is 29.2 Å². The zero-order valence-electron chi connectivity index (χ0n) is 22.7. The Kier molecular flexibility index (Phi) is 10.1. The molecule has 0 bridgehead atoms. The van der Waals surface area contributed by atoms with Crippen LogP contribution in [0, 0.1) is 5.92 Å². The van der Waals surface area contributed by atoms with Crippen LogP contribution in [0.1, 0.15) is 57.8 Å². The quantitative estimate of drug-likeness (QED) is 0.446. The lowest BCUT2D eigenvalue weighted by Crippen LogP contribution is -2.56. The zero-order chi connectivity index (χ0) is 28.0. The molecular weight excluding hydrogens is 492 g/mol. The van der Waals surface area contributed by atoms with Crippen molar-refractivity contribution in [3.05, 3.63) is 29.8 Å². The number of fused-ring (bicyclic) bond motifs is 1. The number of nitrogens with zero attached hydrogens (tertiary/aromatic N) is 1. The van der Waals surface area contributed by atoms with E-state index in [2.05, 4.69) is 16.0 Å². The lowest BCUT2D eigenvalue weighted by Gasteiger charge is -2.37. The van der Waals surface area contributed by atoms with Crippen LogP contribution >= 0.6 is 0 Å². The van der Waals surface area contributed by atoms with Crippen molar-refractivity contribution in [1.29, 1.82) is 0 Å². The van der Waals surface area contributed by atoms with Crippen LogP contribution in [0.25, 0.3) is 0 Å². The minimum atomic E-state index is -1.19. The molecule has 0 spiro atoms. The molecule has 0 aliphatic carbocycles. The number of benzene rings is 1. The molecular formula is C27H40N4O7. The molecule has 38 heavy (non-hydrogen) atoms. The van der Waals surface area contributed by atoms with Crippen molar-refractivity contribution in [3.8, 4) is 5.75 Å². The van der Waals surface area contributed by atoms with Gasteiger partial charge < -0.3 is 35.4 Å². The Morgan fingerprint density at radius 2 is 1.68 bits per heavy atom. The Labute approximate surface area is 223 Å². The van der Waals surface area contributed by atoms with Gasteiger partial charge in [0, 0.05) is 19.5 Å². The van der Waals surface area contributed by atoms with E-state index in [1.165, 1.54) is 6.92 Å². The number of ether oxygens (including phenoxy) is 2. The number of morpholine rings is 1. The van der Waals surface area contributed by atoms with Crippen LogP contribution < -0.4 is 20.7 Å². The largest absolute Gasteiger partial charge is 0.491 e. The fraction of sp³-hybridized carbons (Fsp3) is 0.630. The van der Waals surface area contributed by atoms with E-state index in [9.17, 15) is 24.3 Å².